The molecule has 2 fully saturated rings. The lowest BCUT2D eigenvalue weighted by atomic mass is 10.1. The van der Waals surface area contributed by atoms with Gasteiger partial charge >= 0.3 is 0 Å². The molecular formula is C25H28F2N6O2S. The van der Waals surface area contributed by atoms with Gasteiger partial charge in [-0.3, -0.25) is 0 Å². The van der Waals surface area contributed by atoms with E-state index < -0.39 is 21.7 Å². The third-order valence-corrected chi connectivity index (χ3v) is 8.64. The number of aromatic nitrogens is 2. The highest BCUT2D eigenvalue weighted by molar-refractivity contribution is 7.89. The predicted molar refractivity (Wildman–Crippen MR) is 134 cm³/mol. The number of nitrogens with one attached hydrogen (secondary N) is 2. The summed E-state index contributed by atoms with van der Waals surface area (Å²) in [6.07, 6.45) is 5.73. The molecule has 0 atom stereocenters. The van der Waals surface area contributed by atoms with E-state index in [1.165, 1.54) is 29.4 Å². The van der Waals surface area contributed by atoms with Crippen LogP contribution in [0.25, 0.3) is 0 Å². The van der Waals surface area contributed by atoms with Crippen LogP contribution in [0.15, 0.2) is 59.6 Å². The molecule has 190 valence electrons. The van der Waals surface area contributed by atoms with E-state index >= 15 is 0 Å². The Hall–Kier alpha value is -3.15. The van der Waals surface area contributed by atoms with Gasteiger partial charge in [-0.1, -0.05) is 0 Å². The molecule has 36 heavy (non-hydrogen) atoms. The SMILES string of the molecule is CN(C1CCN(C2CC2)CC1)S(=O)(=O)c1ccc(Nc2nccc(Nc3ccc(F)c(F)c3)n2)cc1. The van der Waals surface area contributed by atoms with E-state index in [2.05, 4.69) is 25.5 Å². The van der Waals surface area contributed by atoms with Crippen LogP contribution in [0, 0.1) is 11.6 Å². The first-order valence-corrected chi connectivity index (χ1v) is 13.4. The standard InChI is InChI=1S/C25H28F2N6O2S/c1-32(19-11-14-33(15-12-19)20-5-6-20)36(34,35)21-7-2-17(3-8-21)30-25-28-13-10-24(31-25)29-18-4-9-22(26)23(27)16-18/h2-4,7-10,13,16,19-20H,5-6,11-12,14-15H2,1H3,(H2,28,29,30,31). The molecule has 0 radical (unpaired) electrons. The molecule has 3 aromatic rings. The van der Waals surface area contributed by atoms with Crippen LogP contribution in [0.5, 0.6) is 0 Å². The van der Waals surface area contributed by atoms with Crippen LogP contribution in [0.3, 0.4) is 0 Å². The van der Waals surface area contributed by atoms with Gasteiger partial charge < -0.3 is 15.5 Å². The fraction of sp³-hybridized carbons (Fsp3) is 0.360. The van der Waals surface area contributed by atoms with Crippen LogP contribution < -0.4 is 10.6 Å². The Kier molecular flexibility index (Phi) is 6.87. The minimum absolute atomic E-state index is 0.000948. The lowest BCUT2D eigenvalue weighted by molar-refractivity contribution is 0.163. The number of hydrogen-bond donors (Lipinski definition) is 2. The number of sulfonamides is 1. The average molecular weight is 515 g/mol. The molecule has 1 aromatic heterocycles. The lowest BCUT2D eigenvalue weighted by Gasteiger charge is -2.36. The summed E-state index contributed by atoms with van der Waals surface area (Å²) in [4.78, 5) is 11.2. The normalized spacial score (nSPS) is 17.3. The van der Waals surface area contributed by atoms with Crippen molar-refractivity contribution in [3.63, 3.8) is 0 Å². The highest BCUT2D eigenvalue weighted by Crippen LogP contribution is 2.31. The topological polar surface area (TPSA) is 90.5 Å². The fourth-order valence-corrected chi connectivity index (χ4v) is 5.88. The van der Waals surface area contributed by atoms with E-state index in [0.717, 1.165) is 38.1 Å². The van der Waals surface area contributed by atoms with Crippen LogP contribution in [0.2, 0.25) is 0 Å². The van der Waals surface area contributed by atoms with Crippen molar-refractivity contribution in [1.29, 1.82) is 0 Å². The van der Waals surface area contributed by atoms with Crippen molar-refractivity contribution >= 4 is 33.2 Å². The highest BCUT2D eigenvalue weighted by atomic mass is 32.2. The summed E-state index contributed by atoms with van der Waals surface area (Å²) in [6, 6.07) is 12.2. The number of anilines is 4. The van der Waals surface area contributed by atoms with Crippen LogP contribution >= 0.6 is 0 Å². The van der Waals surface area contributed by atoms with Crippen LogP contribution in [-0.4, -0.2) is 59.8 Å². The molecule has 0 spiro atoms. The summed E-state index contributed by atoms with van der Waals surface area (Å²) in [5.41, 5.74) is 0.953. The maximum Gasteiger partial charge on any atom is 0.243 e. The van der Waals surface area contributed by atoms with Gasteiger partial charge in [0, 0.05) is 42.8 Å². The van der Waals surface area contributed by atoms with Crippen LogP contribution in [0.4, 0.5) is 31.9 Å². The summed E-state index contributed by atoms with van der Waals surface area (Å²) >= 11 is 0. The van der Waals surface area contributed by atoms with Crippen molar-refractivity contribution < 1.29 is 17.2 Å². The van der Waals surface area contributed by atoms with E-state index in [1.54, 1.807) is 37.4 Å². The molecule has 5 rings (SSSR count). The molecule has 0 unspecified atom stereocenters. The second kappa shape index (κ2) is 10.1. The molecular weight excluding hydrogens is 486 g/mol. The van der Waals surface area contributed by atoms with Gasteiger partial charge in [-0.15, -0.1) is 0 Å². The van der Waals surface area contributed by atoms with Crippen LogP contribution in [-0.2, 0) is 10.0 Å². The van der Waals surface area contributed by atoms with E-state index in [1.807, 2.05) is 0 Å². The fourth-order valence-electron chi connectivity index (χ4n) is 4.47. The summed E-state index contributed by atoms with van der Waals surface area (Å²) in [5.74, 6) is -1.25. The molecule has 2 aromatic carbocycles. The van der Waals surface area contributed by atoms with Gasteiger partial charge in [0.2, 0.25) is 16.0 Å². The molecule has 2 N–H and O–H groups in total. The number of benzene rings is 2. The molecule has 2 aliphatic rings. The number of halogens is 2. The molecule has 0 amide bonds. The van der Waals surface area contributed by atoms with Crippen molar-refractivity contribution in [3.05, 3.63) is 66.4 Å². The summed E-state index contributed by atoms with van der Waals surface area (Å²) in [6.45, 7) is 1.89. The van der Waals surface area contributed by atoms with E-state index in [-0.39, 0.29) is 16.9 Å². The third-order valence-electron chi connectivity index (χ3n) is 6.71. The van der Waals surface area contributed by atoms with Gasteiger partial charge in [0.05, 0.1) is 4.90 Å². The number of likely N-dealkylation sites (tertiary alicyclic amines) is 1. The van der Waals surface area contributed by atoms with E-state index in [0.29, 0.717) is 23.2 Å². The van der Waals surface area contributed by atoms with Crippen molar-refractivity contribution in [2.75, 3.05) is 30.8 Å². The monoisotopic (exact) mass is 514 g/mol. The van der Waals surface area contributed by atoms with Crippen molar-refractivity contribution in [2.45, 2.75) is 42.7 Å². The zero-order valence-electron chi connectivity index (χ0n) is 19.9. The maximum atomic E-state index is 13.5. The Morgan fingerprint density at radius 3 is 2.28 bits per heavy atom. The Labute approximate surface area is 209 Å². The Morgan fingerprint density at radius 1 is 0.917 bits per heavy atom. The quantitative estimate of drug-likeness (QED) is 0.458. The second-order valence-corrected chi connectivity index (χ2v) is 11.2. The minimum Gasteiger partial charge on any atom is -0.340 e. The van der Waals surface area contributed by atoms with Gasteiger partial charge in [0.25, 0.3) is 0 Å². The van der Waals surface area contributed by atoms with Crippen molar-refractivity contribution in [2.24, 2.45) is 0 Å². The zero-order chi connectivity index (χ0) is 25.3. The Morgan fingerprint density at radius 2 is 1.61 bits per heavy atom. The van der Waals surface area contributed by atoms with Gasteiger partial charge in [0.1, 0.15) is 5.82 Å². The first kappa shape index (κ1) is 24.5. The number of piperidine rings is 1. The molecule has 0 bridgehead atoms. The third kappa shape index (κ3) is 5.48. The molecule has 11 heteroatoms. The van der Waals surface area contributed by atoms with E-state index in [4.69, 9.17) is 0 Å². The number of nitrogens with zero attached hydrogens (tertiary/aromatic N) is 4. The van der Waals surface area contributed by atoms with Gasteiger partial charge in [-0.25, -0.2) is 22.2 Å². The highest BCUT2D eigenvalue weighted by Gasteiger charge is 2.35. The summed E-state index contributed by atoms with van der Waals surface area (Å²) < 4.78 is 54.5. The maximum absolute atomic E-state index is 13.5. The molecule has 2 heterocycles. The Bertz CT molecular complexity index is 1330. The summed E-state index contributed by atoms with van der Waals surface area (Å²) in [7, 11) is -1.94. The molecule has 1 aliphatic carbocycles. The van der Waals surface area contributed by atoms with Crippen LogP contribution in [0.1, 0.15) is 25.7 Å². The van der Waals surface area contributed by atoms with E-state index in [9.17, 15) is 17.2 Å². The van der Waals surface area contributed by atoms with Gasteiger partial charge in [-0.2, -0.15) is 9.29 Å². The lowest BCUT2D eigenvalue weighted by Crippen LogP contribution is -2.46. The predicted octanol–water partition coefficient (Wildman–Crippen LogP) is 4.49. The van der Waals surface area contributed by atoms with Gasteiger partial charge in [-0.05, 0) is 81.2 Å². The number of rotatable bonds is 8. The largest absolute Gasteiger partial charge is 0.340 e. The van der Waals surface area contributed by atoms with Crippen molar-refractivity contribution in [1.82, 2.24) is 19.2 Å². The smallest absolute Gasteiger partial charge is 0.243 e. The molecule has 1 aliphatic heterocycles. The molecule has 1 saturated carbocycles. The zero-order valence-corrected chi connectivity index (χ0v) is 20.7. The minimum atomic E-state index is -3.61. The first-order chi connectivity index (χ1) is 17.3. The van der Waals surface area contributed by atoms with Crippen molar-refractivity contribution in [3.8, 4) is 0 Å². The first-order valence-electron chi connectivity index (χ1n) is 11.9. The molecule has 8 nitrogen and oxygen atoms in total. The average Bonchev–Trinajstić information content (AvgIpc) is 3.72. The second-order valence-electron chi connectivity index (χ2n) is 9.19. The summed E-state index contributed by atoms with van der Waals surface area (Å²) in [5, 5.41) is 5.93. The Balaban J connectivity index is 1.22. The number of hydrogen-bond acceptors (Lipinski definition) is 7. The molecule has 1 saturated heterocycles. The van der Waals surface area contributed by atoms with Gasteiger partial charge in [0.15, 0.2) is 11.6 Å².